The molecule has 0 spiro atoms. The van der Waals surface area contributed by atoms with Crippen molar-refractivity contribution in [2.75, 3.05) is 0 Å². The SMILES string of the molecule is Cc1ccc(C2=C[C@@H]3C[C@H]2C=C3c2ccc(C)cc2)cc1. The lowest BCUT2D eigenvalue weighted by Gasteiger charge is -2.14. The van der Waals surface area contributed by atoms with Crippen LogP contribution in [0.5, 0.6) is 0 Å². The third kappa shape index (κ3) is 2.15. The van der Waals surface area contributed by atoms with Gasteiger partial charge in [-0.3, -0.25) is 0 Å². The maximum absolute atomic E-state index is 2.49. The predicted molar refractivity (Wildman–Crippen MR) is 89.9 cm³/mol. The molecule has 2 aliphatic carbocycles. The van der Waals surface area contributed by atoms with Crippen molar-refractivity contribution in [1.29, 1.82) is 0 Å². The Morgan fingerprint density at radius 3 is 1.33 bits per heavy atom. The number of hydrogen-bond acceptors (Lipinski definition) is 0. The minimum atomic E-state index is 0.606. The van der Waals surface area contributed by atoms with Gasteiger partial charge in [0.05, 0.1) is 0 Å². The Morgan fingerprint density at radius 1 is 0.619 bits per heavy atom. The van der Waals surface area contributed by atoms with E-state index in [1.807, 2.05) is 0 Å². The van der Waals surface area contributed by atoms with E-state index in [4.69, 9.17) is 0 Å². The highest BCUT2D eigenvalue weighted by Crippen LogP contribution is 2.50. The molecule has 0 saturated heterocycles. The van der Waals surface area contributed by atoms with Crippen LogP contribution < -0.4 is 0 Å². The van der Waals surface area contributed by atoms with Crippen LogP contribution in [0.1, 0.15) is 28.7 Å². The second-order valence-electron chi connectivity index (χ2n) is 6.42. The molecule has 0 radical (unpaired) electrons. The van der Waals surface area contributed by atoms with Crippen molar-refractivity contribution >= 4 is 11.1 Å². The van der Waals surface area contributed by atoms with Gasteiger partial charge in [-0.15, -0.1) is 0 Å². The smallest absolute Gasteiger partial charge is 0.00360 e. The van der Waals surface area contributed by atoms with Gasteiger partial charge in [0.25, 0.3) is 0 Å². The molecule has 0 amide bonds. The average molecular weight is 272 g/mol. The molecule has 0 N–H and O–H groups in total. The summed E-state index contributed by atoms with van der Waals surface area (Å²) in [6.45, 7) is 4.29. The van der Waals surface area contributed by atoms with E-state index in [1.54, 1.807) is 0 Å². The van der Waals surface area contributed by atoms with Crippen LogP contribution in [0.3, 0.4) is 0 Å². The zero-order valence-electron chi connectivity index (χ0n) is 12.6. The van der Waals surface area contributed by atoms with Crippen LogP contribution in [0.15, 0.2) is 60.7 Å². The zero-order chi connectivity index (χ0) is 14.4. The fourth-order valence-corrected chi connectivity index (χ4v) is 3.64. The van der Waals surface area contributed by atoms with Gasteiger partial charge in [-0.2, -0.15) is 0 Å². The van der Waals surface area contributed by atoms with Crippen LogP contribution in [-0.4, -0.2) is 0 Å². The van der Waals surface area contributed by atoms with Crippen LogP contribution in [0.2, 0.25) is 0 Å². The van der Waals surface area contributed by atoms with Gasteiger partial charge in [0.1, 0.15) is 0 Å². The molecule has 104 valence electrons. The lowest BCUT2D eigenvalue weighted by molar-refractivity contribution is 0.745. The van der Waals surface area contributed by atoms with E-state index in [-0.39, 0.29) is 0 Å². The number of allylic oxidation sites excluding steroid dienone is 4. The van der Waals surface area contributed by atoms with Crippen molar-refractivity contribution in [3.05, 3.63) is 82.9 Å². The molecule has 2 bridgehead atoms. The molecule has 2 atom stereocenters. The summed E-state index contributed by atoms with van der Waals surface area (Å²) in [5.74, 6) is 1.21. The fourth-order valence-electron chi connectivity index (χ4n) is 3.64. The molecule has 21 heavy (non-hydrogen) atoms. The van der Waals surface area contributed by atoms with Crippen molar-refractivity contribution in [1.82, 2.24) is 0 Å². The topological polar surface area (TPSA) is 0 Å². The van der Waals surface area contributed by atoms with Gasteiger partial charge in [-0.1, -0.05) is 71.8 Å². The van der Waals surface area contributed by atoms with Crippen molar-refractivity contribution < 1.29 is 0 Å². The Bertz CT molecular complexity index is 661. The van der Waals surface area contributed by atoms with E-state index in [0.717, 1.165) is 0 Å². The Labute approximate surface area is 126 Å². The van der Waals surface area contributed by atoms with Crippen molar-refractivity contribution in [3.63, 3.8) is 0 Å². The molecule has 0 fully saturated rings. The summed E-state index contributed by atoms with van der Waals surface area (Å²) in [6.07, 6.45) is 6.24. The Kier molecular flexibility index (Phi) is 2.85. The largest absolute Gasteiger partial charge is 0.0725 e. The highest BCUT2D eigenvalue weighted by Gasteiger charge is 2.34. The number of benzene rings is 2. The molecular formula is C21H20. The molecule has 2 aromatic rings. The molecule has 2 aliphatic rings. The molecule has 0 unspecified atom stereocenters. The molecule has 0 aromatic heterocycles. The second kappa shape index (κ2) is 4.73. The number of aryl methyl sites for hydroxylation is 2. The van der Waals surface area contributed by atoms with Crippen molar-refractivity contribution in [3.8, 4) is 0 Å². The standard InChI is InChI=1S/C21H20/c1-14-3-7-16(8-4-14)20-12-19-11-18(20)13-21(19)17-9-5-15(2)6-10-17/h3-10,12-13,18-19H,11H2,1-2H3/t18-,19-/m0/s1. The van der Waals surface area contributed by atoms with Crippen LogP contribution in [0.4, 0.5) is 0 Å². The molecular weight excluding hydrogens is 252 g/mol. The normalized spacial score (nSPS) is 23.1. The molecule has 0 nitrogen and oxygen atoms in total. The van der Waals surface area contributed by atoms with Gasteiger partial charge in [0.2, 0.25) is 0 Å². The quantitative estimate of drug-likeness (QED) is 0.684. The second-order valence-corrected chi connectivity index (χ2v) is 6.42. The summed E-state index contributed by atoms with van der Waals surface area (Å²) in [5.41, 5.74) is 8.50. The maximum atomic E-state index is 2.49. The first kappa shape index (κ1) is 12.6. The third-order valence-electron chi connectivity index (χ3n) is 4.84. The highest BCUT2D eigenvalue weighted by atomic mass is 14.4. The summed E-state index contributed by atoms with van der Waals surface area (Å²) in [7, 11) is 0. The van der Waals surface area contributed by atoms with Gasteiger partial charge in [0, 0.05) is 11.8 Å². The maximum Gasteiger partial charge on any atom is 0.00360 e. The molecule has 2 aromatic carbocycles. The van der Waals surface area contributed by atoms with Crippen LogP contribution >= 0.6 is 0 Å². The van der Waals surface area contributed by atoms with E-state index in [1.165, 1.54) is 39.8 Å². The average Bonchev–Trinajstić information content (AvgIpc) is 3.09. The van der Waals surface area contributed by atoms with Crippen LogP contribution in [0.25, 0.3) is 11.1 Å². The fraction of sp³-hybridized carbons (Fsp3) is 0.238. The Morgan fingerprint density at radius 2 is 1.00 bits per heavy atom. The number of rotatable bonds is 2. The summed E-state index contributed by atoms with van der Waals surface area (Å²) >= 11 is 0. The van der Waals surface area contributed by atoms with E-state index in [9.17, 15) is 0 Å². The summed E-state index contributed by atoms with van der Waals surface area (Å²) in [5, 5.41) is 0. The predicted octanol–water partition coefficient (Wildman–Crippen LogP) is 5.42. The monoisotopic (exact) mass is 272 g/mol. The summed E-state index contributed by atoms with van der Waals surface area (Å²) in [4.78, 5) is 0. The first-order valence-corrected chi connectivity index (χ1v) is 7.78. The Balaban J connectivity index is 1.63. The van der Waals surface area contributed by atoms with Gasteiger partial charge in [0.15, 0.2) is 0 Å². The van der Waals surface area contributed by atoms with E-state index in [2.05, 4.69) is 74.5 Å². The number of fused-ring (bicyclic) bond motifs is 2. The minimum absolute atomic E-state index is 0.606. The molecule has 0 heteroatoms. The first-order valence-electron chi connectivity index (χ1n) is 7.78. The van der Waals surface area contributed by atoms with Gasteiger partial charge >= 0.3 is 0 Å². The van der Waals surface area contributed by atoms with Gasteiger partial charge < -0.3 is 0 Å². The lowest BCUT2D eigenvalue weighted by atomic mass is 9.90. The van der Waals surface area contributed by atoms with E-state index >= 15 is 0 Å². The van der Waals surface area contributed by atoms with Crippen molar-refractivity contribution in [2.24, 2.45) is 11.8 Å². The van der Waals surface area contributed by atoms with Crippen LogP contribution in [0, 0.1) is 25.7 Å². The van der Waals surface area contributed by atoms with Gasteiger partial charge in [-0.05, 0) is 42.5 Å². The third-order valence-corrected chi connectivity index (χ3v) is 4.84. The summed E-state index contributed by atoms with van der Waals surface area (Å²) < 4.78 is 0. The molecule has 0 aliphatic heterocycles. The van der Waals surface area contributed by atoms with Gasteiger partial charge in [-0.25, -0.2) is 0 Å². The lowest BCUT2D eigenvalue weighted by Crippen LogP contribution is -1.96. The zero-order valence-corrected chi connectivity index (χ0v) is 12.6. The summed E-state index contributed by atoms with van der Waals surface area (Å²) in [6, 6.07) is 17.9. The van der Waals surface area contributed by atoms with Crippen LogP contribution in [-0.2, 0) is 0 Å². The molecule has 0 heterocycles. The van der Waals surface area contributed by atoms with E-state index < -0.39 is 0 Å². The molecule has 4 rings (SSSR count). The Hall–Kier alpha value is -2.08. The van der Waals surface area contributed by atoms with Crippen molar-refractivity contribution in [2.45, 2.75) is 20.3 Å². The van der Waals surface area contributed by atoms with E-state index in [0.29, 0.717) is 11.8 Å². The number of hydrogen-bond donors (Lipinski definition) is 0. The minimum Gasteiger partial charge on any atom is -0.0725 e. The first-order chi connectivity index (χ1) is 10.2. The molecule has 0 saturated carbocycles. The highest BCUT2D eigenvalue weighted by molar-refractivity contribution is 5.84.